The molecule has 108 valence electrons. The van der Waals surface area contributed by atoms with Gasteiger partial charge in [-0.1, -0.05) is 24.3 Å². The quantitative estimate of drug-likeness (QED) is 0.678. The Morgan fingerprint density at radius 1 is 0.952 bits per heavy atom. The number of rotatable bonds is 2. The first-order valence-electron chi connectivity index (χ1n) is 6.97. The van der Waals surface area contributed by atoms with Crippen molar-refractivity contribution in [3.63, 3.8) is 0 Å². The standard InChI is InChI=1S/C18H18O2S/c1-11-10-12(2)16-17(13(11)3)20-14(4)18(16)21(19)15-8-6-5-7-9-15/h5-10H,1-4H3/t21-/m0/s1. The summed E-state index contributed by atoms with van der Waals surface area (Å²) in [6, 6.07) is 11.7. The Morgan fingerprint density at radius 2 is 1.62 bits per heavy atom. The zero-order valence-electron chi connectivity index (χ0n) is 12.7. The van der Waals surface area contributed by atoms with Gasteiger partial charge in [0.05, 0.1) is 15.7 Å². The third-order valence-corrected chi connectivity index (χ3v) is 5.49. The molecule has 0 unspecified atom stereocenters. The van der Waals surface area contributed by atoms with Gasteiger partial charge in [-0.15, -0.1) is 0 Å². The monoisotopic (exact) mass is 298 g/mol. The van der Waals surface area contributed by atoms with Crippen LogP contribution in [0.1, 0.15) is 22.5 Å². The van der Waals surface area contributed by atoms with Crippen molar-refractivity contribution in [1.29, 1.82) is 0 Å². The lowest BCUT2D eigenvalue weighted by Gasteiger charge is -2.06. The van der Waals surface area contributed by atoms with Crippen molar-refractivity contribution in [3.8, 4) is 0 Å². The molecule has 1 atom stereocenters. The van der Waals surface area contributed by atoms with Crippen LogP contribution in [0.15, 0.2) is 50.6 Å². The van der Waals surface area contributed by atoms with E-state index >= 15 is 0 Å². The highest BCUT2D eigenvalue weighted by atomic mass is 32.2. The Labute approximate surface area is 127 Å². The predicted molar refractivity (Wildman–Crippen MR) is 86.3 cm³/mol. The molecule has 2 aromatic carbocycles. The molecule has 0 aliphatic rings. The van der Waals surface area contributed by atoms with Crippen molar-refractivity contribution in [2.75, 3.05) is 0 Å². The minimum atomic E-state index is -1.22. The van der Waals surface area contributed by atoms with Crippen molar-refractivity contribution >= 4 is 21.8 Å². The highest BCUT2D eigenvalue weighted by Crippen LogP contribution is 2.36. The van der Waals surface area contributed by atoms with Gasteiger partial charge in [0, 0.05) is 10.3 Å². The summed E-state index contributed by atoms with van der Waals surface area (Å²) in [5, 5.41) is 0.998. The predicted octanol–water partition coefficient (Wildman–Crippen LogP) is 4.83. The van der Waals surface area contributed by atoms with E-state index in [-0.39, 0.29) is 0 Å². The van der Waals surface area contributed by atoms with Gasteiger partial charge in [0.25, 0.3) is 0 Å². The van der Waals surface area contributed by atoms with Crippen LogP contribution in [0.5, 0.6) is 0 Å². The summed E-state index contributed by atoms with van der Waals surface area (Å²) in [6.07, 6.45) is 0. The molecule has 1 heterocycles. The molecule has 0 fully saturated rings. The maximum atomic E-state index is 12.9. The van der Waals surface area contributed by atoms with Gasteiger partial charge in [0.15, 0.2) is 0 Å². The lowest BCUT2D eigenvalue weighted by molar-refractivity contribution is 0.564. The van der Waals surface area contributed by atoms with E-state index in [2.05, 4.69) is 26.8 Å². The van der Waals surface area contributed by atoms with E-state index in [4.69, 9.17) is 4.42 Å². The molecule has 0 saturated carbocycles. The van der Waals surface area contributed by atoms with Gasteiger partial charge < -0.3 is 4.42 Å². The number of hydrogen-bond acceptors (Lipinski definition) is 2. The maximum absolute atomic E-state index is 12.9. The molecule has 3 heteroatoms. The van der Waals surface area contributed by atoms with E-state index in [0.717, 1.165) is 37.6 Å². The highest BCUT2D eigenvalue weighted by Gasteiger charge is 2.21. The Balaban J connectivity index is 2.31. The van der Waals surface area contributed by atoms with Crippen LogP contribution >= 0.6 is 0 Å². The summed E-state index contributed by atoms with van der Waals surface area (Å²) in [6.45, 7) is 8.07. The maximum Gasteiger partial charge on any atom is 0.138 e. The van der Waals surface area contributed by atoms with Crippen LogP contribution < -0.4 is 0 Å². The molecule has 0 N–H and O–H groups in total. The van der Waals surface area contributed by atoms with Crippen LogP contribution in [0.4, 0.5) is 0 Å². The Kier molecular flexibility index (Phi) is 3.46. The largest absolute Gasteiger partial charge is 0.460 e. The number of fused-ring (bicyclic) bond motifs is 1. The SMILES string of the molecule is Cc1cc(C)c2c([S@@](=O)c3ccccc3)c(C)oc2c1C. The molecule has 0 aliphatic carbocycles. The van der Waals surface area contributed by atoms with Gasteiger partial charge in [-0.05, 0) is 56.5 Å². The number of aryl methyl sites for hydroxylation is 4. The molecule has 2 nitrogen and oxygen atoms in total. The summed E-state index contributed by atoms with van der Waals surface area (Å²) >= 11 is 0. The fourth-order valence-corrected chi connectivity index (χ4v) is 4.10. The van der Waals surface area contributed by atoms with Gasteiger partial charge in [-0.3, -0.25) is 0 Å². The number of furan rings is 1. The van der Waals surface area contributed by atoms with Crippen LogP contribution in [0.25, 0.3) is 11.0 Å². The minimum absolute atomic E-state index is 0.740. The van der Waals surface area contributed by atoms with Crippen LogP contribution in [-0.4, -0.2) is 4.21 Å². The van der Waals surface area contributed by atoms with Gasteiger partial charge in [0.2, 0.25) is 0 Å². The van der Waals surface area contributed by atoms with Gasteiger partial charge in [-0.25, -0.2) is 4.21 Å². The molecule has 3 rings (SSSR count). The lowest BCUT2D eigenvalue weighted by atomic mass is 10.0. The van der Waals surface area contributed by atoms with E-state index in [0.29, 0.717) is 0 Å². The second kappa shape index (κ2) is 5.15. The molecule has 21 heavy (non-hydrogen) atoms. The summed E-state index contributed by atoms with van der Waals surface area (Å²) in [5.41, 5.74) is 4.30. The van der Waals surface area contributed by atoms with Crippen molar-refractivity contribution in [2.45, 2.75) is 37.5 Å². The third kappa shape index (κ3) is 2.22. The fraction of sp³-hybridized carbons (Fsp3) is 0.222. The zero-order valence-corrected chi connectivity index (χ0v) is 13.5. The van der Waals surface area contributed by atoms with Gasteiger partial charge >= 0.3 is 0 Å². The molecule has 0 radical (unpaired) electrons. The number of benzene rings is 2. The van der Waals surface area contributed by atoms with E-state index in [9.17, 15) is 4.21 Å². The first-order chi connectivity index (χ1) is 10.0. The van der Waals surface area contributed by atoms with Crippen LogP contribution in [0.3, 0.4) is 0 Å². The Bertz CT molecular complexity index is 845. The molecule has 3 aromatic rings. The van der Waals surface area contributed by atoms with Crippen molar-refractivity contribution in [2.24, 2.45) is 0 Å². The van der Waals surface area contributed by atoms with E-state index in [1.54, 1.807) is 0 Å². The average molecular weight is 298 g/mol. The zero-order chi connectivity index (χ0) is 15.1. The second-order valence-electron chi connectivity index (χ2n) is 5.41. The van der Waals surface area contributed by atoms with E-state index in [1.165, 1.54) is 5.56 Å². The van der Waals surface area contributed by atoms with Gasteiger partial charge in [-0.2, -0.15) is 0 Å². The molecule has 1 aromatic heterocycles. The van der Waals surface area contributed by atoms with Crippen LogP contribution in [0, 0.1) is 27.7 Å². The molecule has 0 saturated heterocycles. The highest BCUT2D eigenvalue weighted by molar-refractivity contribution is 7.85. The first kappa shape index (κ1) is 14.1. The van der Waals surface area contributed by atoms with Gasteiger partial charge in [0.1, 0.15) is 11.3 Å². The fourth-order valence-electron chi connectivity index (χ4n) is 2.72. The van der Waals surface area contributed by atoms with Crippen LogP contribution in [0.2, 0.25) is 0 Å². The third-order valence-electron chi connectivity index (χ3n) is 3.93. The van der Waals surface area contributed by atoms with E-state index < -0.39 is 10.8 Å². The first-order valence-corrected chi connectivity index (χ1v) is 8.12. The molecule has 0 bridgehead atoms. The smallest absolute Gasteiger partial charge is 0.138 e. The number of hydrogen-bond donors (Lipinski definition) is 0. The van der Waals surface area contributed by atoms with Crippen LogP contribution in [-0.2, 0) is 10.8 Å². The van der Waals surface area contributed by atoms with Crippen molar-refractivity contribution < 1.29 is 8.63 Å². The minimum Gasteiger partial charge on any atom is -0.460 e. The summed E-state index contributed by atoms with van der Waals surface area (Å²) in [4.78, 5) is 1.61. The summed E-state index contributed by atoms with van der Waals surface area (Å²) < 4.78 is 18.9. The average Bonchev–Trinajstić information content (AvgIpc) is 2.83. The molecule has 0 spiro atoms. The molecule has 0 amide bonds. The summed E-state index contributed by atoms with van der Waals surface area (Å²) in [7, 11) is -1.22. The Morgan fingerprint density at radius 3 is 2.29 bits per heavy atom. The molecular weight excluding hydrogens is 280 g/mol. The molecular formula is C18H18O2S. The topological polar surface area (TPSA) is 30.2 Å². The second-order valence-corrected chi connectivity index (χ2v) is 6.83. The Hall–Kier alpha value is -1.87. The summed E-state index contributed by atoms with van der Waals surface area (Å²) in [5.74, 6) is 0.740. The molecule has 0 aliphatic heterocycles. The van der Waals surface area contributed by atoms with Crippen molar-refractivity contribution in [1.82, 2.24) is 0 Å². The normalized spacial score (nSPS) is 12.8. The lowest BCUT2D eigenvalue weighted by Crippen LogP contribution is -1.95. The van der Waals surface area contributed by atoms with E-state index in [1.807, 2.05) is 37.3 Å². The van der Waals surface area contributed by atoms with Crippen molar-refractivity contribution in [3.05, 3.63) is 58.8 Å².